The Morgan fingerprint density at radius 3 is 3.00 bits per heavy atom. The third kappa shape index (κ3) is 3.55. The Hall–Kier alpha value is -3.16. The summed E-state index contributed by atoms with van der Waals surface area (Å²) in [6.45, 7) is 0. The summed E-state index contributed by atoms with van der Waals surface area (Å²) in [5, 5.41) is 6.23. The number of hydrogen-bond acceptors (Lipinski definition) is 6. The van der Waals surface area contributed by atoms with Crippen LogP contribution >= 0.6 is 0 Å². The van der Waals surface area contributed by atoms with Gasteiger partial charge in [0.05, 0.1) is 13.2 Å². The van der Waals surface area contributed by atoms with Crippen LogP contribution in [-0.4, -0.2) is 35.1 Å². The molecule has 27 heavy (non-hydrogen) atoms. The zero-order chi connectivity index (χ0) is 18.8. The summed E-state index contributed by atoms with van der Waals surface area (Å²) in [4.78, 5) is 21.0. The lowest BCUT2D eigenvalue weighted by Crippen LogP contribution is -2.43. The van der Waals surface area contributed by atoms with E-state index in [-0.39, 0.29) is 29.5 Å². The van der Waals surface area contributed by atoms with Crippen molar-refractivity contribution in [1.82, 2.24) is 15.3 Å². The number of hydrogen-bond donors (Lipinski definition) is 2. The number of carbonyl (C=O) groups is 1. The van der Waals surface area contributed by atoms with Gasteiger partial charge in [0.15, 0.2) is 11.3 Å². The van der Waals surface area contributed by atoms with Crippen molar-refractivity contribution in [1.29, 1.82) is 0 Å². The largest absolute Gasteiger partial charge is 0.494 e. The molecular weight excluding hydrogens is 351 g/mol. The molecule has 1 fully saturated rings. The van der Waals surface area contributed by atoms with Crippen molar-refractivity contribution in [2.75, 3.05) is 12.4 Å². The van der Waals surface area contributed by atoms with Crippen molar-refractivity contribution in [2.45, 2.75) is 31.3 Å². The Kier molecular flexibility index (Phi) is 4.62. The number of amides is 1. The summed E-state index contributed by atoms with van der Waals surface area (Å²) in [7, 11) is 1.50. The molecule has 2 atom stereocenters. The summed E-state index contributed by atoms with van der Waals surface area (Å²) in [6, 6.07) is 7.80. The number of pyridine rings is 1. The molecule has 1 aliphatic rings. The topological polar surface area (TPSA) is 89.3 Å². The molecule has 1 unspecified atom stereocenters. The molecule has 0 radical (unpaired) electrons. The van der Waals surface area contributed by atoms with Crippen molar-refractivity contribution in [2.24, 2.45) is 0 Å². The standard InChI is InChI=1S/C19H19FN4O3/c1-26-15-6-3-9-21-17(15)18(25)22-12-4-2-5-13(12)23-19-24-14-8-7-11(20)10-16(14)27-19/h3,6-10,12-13H,2,4-5H2,1H3,(H,22,25)(H,23,24)/t12?,13-/m0/s1. The van der Waals surface area contributed by atoms with Crippen LogP contribution in [0.1, 0.15) is 29.8 Å². The number of ether oxygens (including phenoxy) is 1. The van der Waals surface area contributed by atoms with Crippen LogP contribution in [0.2, 0.25) is 0 Å². The van der Waals surface area contributed by atoms with Crippen molar-refractivity contribution in [3.63, 3.8) is 0 Å². The van der Waals surface area contributed by atoms with Gasteiger partial charge in [-0.15, -0.1) is 0 Å². The highest BCUT2D eigenvalue weighted by atomic mass is 19.1. The van der Waals surface area contributed by atoms with Crippen molar-refractivity contribution < 1.29 is 18.3 Å². The maximum Gasteiger partial charge on any atom is 0.295 e. The van der Waals surface area contributed by atoms with E-state index in [1.165, 1.54) is 19.2 Å². The molecule has 1 amide bonds. The second-order valence-electron chi connectivity index (χ2n) is 6.45. The molecular formula is C19H19FN4O3. The number of methoxy groups -OCH3 is 1. The maximum atomic E-state index is 13.3. The van der Waals surface area contributed by atoms with E-state index < -0.39 is 0 Å². The summed E-state index contributed by atoms with van der Waals surface area (Å²) >= 11 is 0. The highest BCUT2D eigenvalue weighted by molar-refractivity contribution is 5.95. The highest BCUT2D eigenvalue weighted by Gasteiger charge is 2.31. The smallest absolute Gasteiger partial charge is 0.295 e. The Bertz CT molecular complexity index is 974. The van der Waals surface area contributed by atoms with Gasteiger partial charge < -0.3 is 19.8 Å². The molecule has 0 aliphatic heterocycles. The molecule has 7 nitrogen and oxygen atoms in total. The number of aromatic nitrogens is 2. The average molecular weight is 370 g/mol. The minimum absolute atomic E-state index is 0.0402. The van der Waals surface area contributed by atoms with Crippen LogP contribution in [0.15, 0.2) is 40.9 Å². The number of nitrogens with zero attached hydrogens (tertiary/aromatic N) is 2. The van der Waals surface area contributed by atoms with E-state index in [4.69, 9.17) is 9.15 Å². The van der Waals surface area contributed by atoms with Gasteiger partial charge in [0, 0.05) is 18.3 Å². The Balaban J connectivity index is 1.47. The third-order valence-corrected chi connectivity index (χ3v) is 4.70. The Morgan fingerprint density at radius 2 is 2.15 bits per heavy atom. The highest BCUT2D eigenvalue weighted by Crippen LogP contribution is 2.26. The third-order valence-electron chi connectivity index (χ3n) is 4.70. The van der Waals surface area contributed by atoms with Gasteiger partial charge >= 0.3 is 0 Å². The Morgan fingerprint density at radius 1 is 1.30 bits per heavy atom. The number of oxazole rings is 1. The van der Waals surface area contributed by atoms with E-state index in [1.54, 1.807) is 24.4 Å². The minimum atomic E-state index is -0.375. The van der Waals surface area contributed by atoms with Crippen LogP contribution in [0.25, 0.3) is 11.1 Å². The monoisotopic (exact) mass is 370 g/mol. The summed E-state index contributed by atoms with van der Waals surface area (Å²) in [5.74, 6) is -0.232. The van der Waals surface area contributed by atoms with Gasteiger partial charge in [-0.05, 0) is 43.5 Å². The first-order valence-electron chi connectivity index (χ1n) is 8.76. The van der Waals surface area contributed by atoms with Gasteiger partial charge in [-0.3, -0.25) is 4.79 Å². The van der Waals surface area contributed by atoms with Crippen molar-refractivity contribution >= 4 is 23.0 Å². The quantitative estimate of drug-likeness (QED) is 0.717. The van der Waals surface area contributed by atoms with Gasteiger partial charge in [-0.2, -0.15) is 4.98 Å². The maximum absolute atomic E-state index is 13.3. The SMILES string of the molecule is COc1cccnc1C(=O)NC1CCC[C@@H]1Nc1nc2ccc(F)cc2o1. The molecule has 3 aromatic rings. The number of nitrogens with one attached hydrogen (secondary N) is 2. The number of anilines is 1. The normalized spacial score (nSPS) is 19.2. The van der Waals surface area contributed by atoms with E-state index in [0.29, 0.717) is 22.9 Å². The predicted octanol–water partition coefficient (Wildman–Crippen LogP) is 3.13. The molecule has 2 heterocycles. The van der Waals surface area contributed by atoms with Crippen molar-refractivity contribution in [3.05, 3.63) is 48.0 Å². The lowest BCUT2D eigenvalue weighted by atomic mass is 10.1. The van der Waals surface area contributed by atoms with Crippen LogP contribution in [0.4, 0.5) is 10.4 Å². The second-order valence-corrected chi connectivity index (χ2v) is 6.45. The number of fused-ring (bicyclic) bond motifs is 1. The van der Waals surface area contributed by atoms with Crippen LogP contribution in [-0.2, 0) is 0 Å². The number of halogens is 1. The fourth-order valence-corrected chi connectivity index (χ4v) is 3.39. The first kappa shape index (κ1) is 17.3. The average Bonchev–Trinajstić information content (AvgIpc) is 3.27. The molecule has 8 heteroatoms. The lowest BCUT2D eigenvalue weighted by molar-refractivity contribution is 0.0927. The van der Waals surface area contributed by atoms with Gasteiger partial charge in [0.25, 0.3) is 11.9 Å². The number of rotatable bonds is 5. The molecule has 4 rings (SSSR count). The second kappa shape index (κ2) is 7.22. The lowest BCUT2D eigenvalue weighted by Gasteiger charge is -2.21. The van der Waals surface area contributed by atoms with Crippen LogP contribution in [0.3, 0.4) is 0 Å². The summed E-state index contributed by atoms with van der Waals surface area (Å²) in [5.41, 5.74) is 1.22. The van der Waals surface area contributed by atoms with E-state index in [9.17, 15) is 9.18 Å². The molecule has 1 saturated carbocycles. The Labute approximate surface area is 154 Å². The molecule has 140 valence electrons. The zero-order valence-electron chi connectivity index (χ0n) is 14.7. The fourth-order valence-electron chi connectivity index (χ4n) is 3.39. The van der Waals surface area contributed by atoms with Gasteiger partial charge in [0.1, 0.15) is 17.1 Å². The minimum Gasteiger partial charge on any atom is -0.494 e. The molecule has 0 saturated heterocycles. The van der Waals surface area contributed by atoms with Gasteiger partial charge in [0.2, 0.25) is 0 Å². The van der Waals surface area contributed by atoms with E-state index in [2.05, 4.69) is 20.6 Å². The number of carbonyl (C=O) groups excluding carboxylic acids is 1. The van der Waals surface area contributed by atoms with E-state index in [1.807, 2.05) is 0 Å². The fraction of sp³-hybridized carbons (Fsp3) is 0.316. The molecule has 0 spiro atoms. The molecule has 1 aliphatic carbocycles. The van der Waals surface area contributed by atoms with Crippen LogP contribution in [0.5, 0.6) is 5.75 Å². The van der Waals surface area contributed by atoms with Gasteiger partial charge in [-0.25, -0.2) is 9.37 Å². The van der Waals surface area contributed by atoms with Crippen LogP contribution < -0.4 is 15.4 Å². The predicted molar refractivity (Wildman–Crippen MR) is 97.3 cm³/mol. The molecule has 2 aromatic heterocycles. The van der Waals surface area contributed by atoms with E-state index in [0.717, 1.165) is 19.3 Å². The van der Waals surface area contributed by atoms with Gasteiger partial charge in [-0.1, -0.05) is 0 Å². The van der Waals surface area contributed by atoms with E-state index >= 15 is 0 Å². The zero-order valence-corrected chi connectivity index (χ0v) is 14.7. The molecule has 1 aromatic carbocycles. The first-order chi connectivity index (χ1) is 13.1. The van der Waals surface area contributed by atoms with Crippen LogP contribution in [0, 0.1) is 5.82 Å². The molecule has 2 N–H and O–H groups in total. The first-order valence-corrected chi connectivity index (χ1v) is 8.76. The summed E-state index contributed by atoms with van der Waals surface area (Å²) in [6.07, 6.45) is 4.20. The molecule has 0 bridgehead atoms. The number of benzene rings is 1. The van der Waals surface area contributed by atoms with Crippen molar-refractivity contribution in [3.8, 4) is 5.75 Å². The summed E-state index contributed by atoms with van der Waals surface area (Å²) < 4.78 is 24.1.